The van der Waals surface area contributed by atoms with Crippen LogP contribution < -0.4 is 0 Å². The van der Waals surface area contributed by atoms with Crippen molar-refractivity contribution in [2.24, 2.45) is 0 Å². The van der Waals surface area contributed by atoms with Crippen molar-refractivity contribution in [3.8, 4) is 0 Å². The van der Waals surface area contributed by atoms with Crippen molar-refractivity contribution in [1.29, 1.82) is 0 Å². The van der Waals surface area contributed by atoms with Crippen LogP contribution in [0.25, 0.3) is 10.9 Å². The third-order valence-corrected chi connectivity index (χ3v) is 6.60. The molecule has 2 heterocycles. The number of hydrogen-bond acceptors (Lipinski definition) is 5. The molecule has 4 rings (SSSR count). The SMILES string of the molecule is Cc1nn(C(F)F)cc1S(=O)(=O)n1ncc2ccc(CC(=O)Cc3ccc(F)cc3)cc21. The first-order chi connectivity index (χ1) is 15.1. The van der Waals surface area contributed by atoms with Gasteiger partial charge in [0.05, 0.1) is 23.6 Å². The lowest BCUT2D eigenvalue weighted by molar-refractivity contribution is -0.117. The summed E-state index contributed by atoms with van der Waals surface area (Å²) in [5, 5.41) is 7.97. The molecule has 0 spiro atoms. The summed E-state index contributed by atoms with van der Waals surface area (Å²) in [5.74, 6) is -0.533. The molecule has 0 saturated heterocycles. The second kappa shape index (κ2) is 8.23. The number of hydrogen-bond donors (Lipinski definition) is 0. The maximum atomic E-state index is 13.1. The van der Waals surface area contributed by atoms with Gasteiger partial charge in [-0.2, -0.15) is 31.5 Å². The molecule has 7 nitrogen and oxygen atoms in total. The van der Waals surface area contributed by atoms with E-state index in [9.17, 15) is 26.4 Å². The maximum absolute atomic E-state index is 13.1. The number of rotatable bonds is 7. The largest absolute Gasteiger partial charge is 0.333 e. The zero-order valence-corrected chi connectivity index (χ0v) is 17.6. The molecular formula is C21H17F3N4O3S. The number of ketones is 1. The second-order valence-corrected chi connectivity index (χ2v) is 8.98. The predicted octanol–water partition coefficient (Wildman–Crippen LogP) is 3.67. The summed E-state index contributed by atoms with van der Waals surface area (Å²) in [6, 6.07) is 10.4. The van der Waals surface area contributed by atoms with E-state index in [0.29, 0.717) is 16.5 Å². The highest BCUT2D eigenvalue weighted by Gasteiger charge is 2.26. The Morgan fingerprint density at radius 1 is 1.06 bits per heavy atom. The summed E-state index contributed by atoms with van der Waals surface area (Å²) in [6.07, 6.45) is 2.23. The average Bonchev–Trinajstić information content (AvgIpc) is 3.34. The monoisotopic (exact) mass is 462 g/mol. The summed E-state index contributed by atoms with van der Waals surface area (Å²) in [5.41, 5.74) is 1.35. The minimum atomic E-state index is -4.30. The van der Waals surface area contributed by atoms with Crippen molar-refractivity contribution in [3.63, 3.8) is 0 Å². The molecular weight excluding hydrogens is 445 g/mol. The minimum Gasteiger partial charge on any atom is -0.299 e. The Morgan fingerprint density at radius 2 is 1.72 bits per heavy atom. The number of benzene rings is 2. The predicted molar refractivity (Wildman–Crippen MR) is 109 cm³/mol. The number of aromatic nitrogens is 4. The first kappa shape index (κ1) is 21.8. The second-order valence-electron chi connectivity index (χ2n) is 7.24. The van der Waals surface area contributed by atoms with Crippen LogP contribution in [0.4, 0.5) is 13.2 Å². The van der Waals surface area contributed by atoms with Crippen LogP contribution in [-0.4, -0.2) is 33.2 Å². The van der Waals surface area contributed by atoms with E-state index in [4.69, 9.17) is 0 Å². The number of nitrogens with zero attached hydrogens (tertiary/aromatic N) is 4. The number of carbonyl (C=O) groups is 1. The quantitative estimate of drug-likeness (QED) is 0.418. The first-order valence-corrected chi connectivity index (χ1v) is 10.9. The normalized spacial score (nSPS) is 12.0. The molecule has 11 heteroatoms. The fourth-order valence-electron chi connectivity index (χ4n) is 3.37. The summed E-state index contributed by atoms with van der Waals surface area (Å²) in [7, 11) is -4.30. The van der Waals surface area contributed by atoms with Gasteiger partial charge in [-0.25, -0.2) is 9.07 Å². The molecule has 0 bridgehead atoms. The summed E-state index contributed by atoms with van der Waals surface area (Å²) in [6.45, 7) is -1.66. The molecule has 4 aromatic rings. The van der Waals surface area contributed by atoms with Gasteiger partial charge in [0.25, 0.3) is 10.0 Å². The Kier molecular flexibility index (Phi) is 5.59. The third kappa shape index (κ3) is 4.15. The smallest absolute Gasteiger partial charge is 0.299 e. The van der Waals surface area contributed by atoms with Gasteiger partial charge in [0.2, 0.25) is 0 Å². The summed E-state index contributed by atoms with van der Waals surface area (Å²) < 4.78 is 66.0. The van der Waals surface area contributed by atoms with Gasteiger partial charge >= 0.3 is 6.55 Å². The van der Waals surface area contributed by atoms with Gasteiger partial charge < -0.3 is 0 Å². The number of halogens is 3. The van der Waals surface area contributed by atoms with Gasteiger partial charge in [-0.3, -0.25) is 4.79 Å². The Labute approximate surface area is 181 Å². The number of fused-ring (bicyclic) bond motifs is 1. The molecule has 0 aliphatic rings. The molecule has 0 saturated carbocycles. The molecule has 0 atom stereocenters. The fraction of sp³-hybridized carbons (Fsp3) is 0.190. The van der Waals surface area contributed by atoms with Crippen LogP contribution in [0.5, 0.6) is 0 Å². The lowest BCUT2D eigenvalue weighted by Crippen LogP contribution is -2.15. The topological polar surface area (TPSA) is 86.8 Å². The van der Waals surface area contributed by atoms with Crippen molar-refractivity contribution >= 4 is 26.7 Å². The van der Waals surface area contributed by atoms with Crippen LogP contribution in [0, 0.1) is 12.7 Å². The molecule has 0 aliphatic carbocycles. The molecule has 32 heavy (non-hydrogen) atoms. The molecule has 0 fully saturated rings. The zero-order chi connectivity index (χ0) is 23.0. The minimum absolute atomic E-state index is 0.0287. The van der Waals surface area contributed by atoms with Gasteiger partial charge in [-0.05, 0) is 36.2 Å². The number of aryl methyl sites for hydroxylation is 1. The highest BCUT2D eigenvalue weighted by Crippen LogP contribution is 2.25. The maximum Gasteiger partial charge on any atom is 0.333 e. The van der Waals surface area contributed by atoms with E-state index in [0.717, 1.165) is 10.3 Å². The highest BCUT2D eigenvalue weighted by atomic mass is 32.2. The van der Waals surface area contributed by atoms with Crippen LogP contribution in [0.3, 0.4) is 0 Å². The van der Waals surface area contributed by atoms with Crippen molar-refractivity contribution in [1.82, 2.24) is 19.0 Å². The molecule has 0 radical (unpaired) electrons. The van der Waals surface area contributed by atoms with Crippen LogP contribution in [0.1, 0.15) is 23.4 Å². The van der Waals surface area contributed by atoms with Gasteiger partial charge in [-0.1, -0.05) is 24.3 Å². The van der Waals surface area contributed by atoms with Crippen LogP contribution >= 0.6 is 0 Å². The van der Waals surface area contributed by atoms with Crippen molar-refractivity contribution < 1.29 is 26.4 Å². The molecule has 0 aliphatic heterocycles. The summed E-state index contributed by atoms with van der Waals surface area (Å²) in [4.78, 5) is 12.1. The molecule has 2 aromatic heterocycles. The average molecular weight is 462 g/mol. The number of carbonyl (C=O) groups excluding carboxylic acids is 1. The Hall–Kier alpha value is -3.47. The third-order valence-electron chi connectivity index (χ3n) is 4.90. The standard InChI is InChI=1S/C21H17F3N4O3S/c1-13-20(12-27(26-13)21(23)24)32(30,31)28-19-10-15(2-5-16(19)11-25-28)9-18(29)8-14-3-6-17(22)7-4-14/h2-7,10-12,21H,8-9H2,1H3. The lowest BCUT2D eigenvalue weighted by Gasteiger charge is -2.06. The van der Waals surface area contributed by atoms with E-state index in [1.807, 2.05) is 0 Å². The van der Waals surface area contributed by atoms with E-state index < -0.39 is 22.4 Å². The fourth-order valence-corrected chi connectivity index (χ4v) is 4.80. The van der Waals surface area contributed by atoms with Crippen molar-refractivity contribution in [2.75, 3.05) is 0 Å². The van der Waals surface area contributed by atoms with Gasteiger partial charge in [0.15, 0.2) is 0 Å². The van der Waals surface area contributed by atoms with Gasteiger partial charge in [0, 0.05) is 18.2 Å². The number of Topliss-reactive ketones (excluding diaryl/α,β-unsaturated/α-hetero) is 1. The summed E-state index contributed by atoms with van der Waals surface area (Å²) >= 11 is 0. The molecule has 2 aromatic carbocycles. The van der Waals surface area contributed by atoms with E-state index >= 15 is 0 Å². The molecule has 0 N–H and O–H groups in total. The Bertz CT molecular complexity index is 1410. The van der Waals surface area contributed by atoms with Gasteiger partial charge in [0.1, 0.15) is 16.5 Å². The van der Waals surface area contributed by atoms with Crippen LogP contribution in [0.15, 0.2) is 59.8 Å². The van der Waals surface area contributed by atoms with Crippen molar-refractivity contribution in [2.45, 2.75) is 31.2 Å². The Morgan fingerprint density at radius 3 is 2.38 bits per heavy atom. The highest BCUT2D eigenvalue weighted by molar-refractivity contribution is 7.90. The van der Waals surface area contributed by atoms with Crippen LogP contribution in [-0.2, 0) is 27.7 Å². The molecule has 0 unspecified atom stereocenters. The van der Waals surface area contributed by atoms with Crippen LogP contribution in [0.2, 0.25) is 0 Å². The van der Waals surface area contributed by atoms with E-state index in [2.05, 4.69) is 10.2 Å². The van der Waals surface area contributed by atoms with E-state index in [1.54, 1.807) is 12.1 Å². The number of alkyl halides is 2. The first-order valence-electron chi connectivity index (χ1n) is 9.47. The van der Waals surface area contributed by atoms with E-state index in [-0.39, 0.29) is 39.4 Å². The molecule has 166 valence electrons. The Balaban J connectivity index is 1.64. The lowest BCUT2D eigenvalue weighted by atomic mass is 10.0. The van der Waals surface area contributed by atoms with Gasteiger partial charge in [-0.15, -0.1) is 0 Å². The molecule has 0 amide bonds. The van der Waals surface area contributed by atoms with E-state index in [1.165, 1.54) is 43.5 Å². The van der Waals surface area contributed by atoms with Crippen molar-refractivity contribution in [3.05, 3.63) is 77.5 Å². The zero-order valence-electron chi connectivity index (χ0n) is 16.7.